The molecule has 0 bridgehead atoms. The summed E-state index contributed by atoms with van der Waals surface area (Å²) in [6.07, 6.45) is 0.849. The molecule has 0 saturated heterocycles. The summed E-state index contributed by atoms with van der Waals surface area (Å²) >= 11 is 0. The molecule has 4 nitrogen and oxygen atoms in total. The van der Waals surface area contributed by atoms with E-state index in [0.29, 0.717) is 0 Å². The molecule has 1 saturated carbocycles. The lowest BCUT2D eigenvalue weighted by Crippen LogP contribution is -2.10. The number of aldehydes is 1. The van der Waals surface area contributed by atoms with Gasteiger partial charge in [-0.15, -0.1) is 0 Å². The highest BCUT2D eigenvalue weighted by Gasteiger charge is 2.62. The maximum Gasteiger partial charge on any atom is 0.310 e. The summed E-state index contributed by atoms with van der Waals surface area (Å²) in [6.45, 7) is 4.02. The third kappa shape index (κ3) is 3.32. The maximum atomic E-state index is 12.1. The second-order valence-electron chi connectivity index (χ2n) is 6.63. The first-order valence-corrected chi connectivity index (χ1v) is 7.96. The van der Waals surface area contributed by atoms with Crippen LogP contribution in [0.15, 0.2) is 54.6 Å². The van der Waals surface area contributed by atoms with Crippen molar-refractivity contribution in [1.29, 1.82) is 0 Å². The summed E-state index contributed by atoms with van der Waals surface area (Å²) in [5.74, 6) is 0.636. The first-order chi connectivity index (χ1) is 11.5. The van der Waals surface area contributed by atoms with Gasteiger partial charge in [-0.2, -0.15) is 0 Å². The van der Waals surface area contributed by atoms with E-state index in [1.807, 2.05) is 68.4 Å². The Kier molecular flexibility index (Phi) is 4.38. The molecule has 0 amide bonds. The molecule has 24 heavy (non-hydrogen) atoms. The summed E-state index contributed by atoms with van der Waals surface area (Å²) in [7, 11) is 0. The smallest absolute Gasteiger partial charge is 0.310 e. The van der Waals surface area contributed by atoms with Crippen molar-refractivity contribution in [3.8, 4) is 11.5 Å². The van der Waals surface area contributed by atoms with E-state index in [0.717, 1.165) is 23.3 Å². The van der Waals surface area contributed by atoms with E-state index >= 15 is 0 Å². The Morgan fingerprint density at radius 2 is 1.67 bits per heavy atom. The summed E-state index contributed by atoms with van der Waals surface area (Å²) in [4.78, 5) is 23.0. The van der Waals surface area contributed by atoms with Crippen molar-refractivity contribution < 1.29 is 19.1 Å². The van der Waals surface area contributed by atoms with E-state index in [1.54, 1.807) is 0 Å². The van der Waals surface area contributed by atoms with Crippen LogP contribution in [0.25, 0.3) is 0 Å². The Labute approximate surface area is 141 Å². The number of hydrogen-bond donors (Lipinski definition) is 0. The first kappa shape index (κ1) is 16.2. The normalized spacial score (nSPS) is 20.9. The Balaban J connectivity index is 1.53. The van der Waals surface area contributed by atoms with E-state index in [1.165, 1.54) is 0 Å². The van der Waals surface area contributed by atoms with Crippen molar-refractivity contribution in [2.45, 2.75) is 20.5 Å². The summed E-state index contributed by atoms with van der Waals surface area (Å²) < 4.78 is 11.1. The van der Waals surface area contributed by atoms with Crippen LogP contribution in [0.1, 0.15) is 19.4 Å². The van der Waals surface area contributed by atoms with Crippen molar-refractivity contribution in [3.63, 3.8) is 0 Å². The lowest BCUT2D eigenvalue weighted by Gasteiger charge is -2.08. The molecule has 1 aliphatic carbocycles. The number of carbonyl (C=O) groups excluding carboxylic acids is 2. The number of esters is 1. The fraction of sp³-hybridized carbons (Fsp3) is 0.300. The van der Waals surface area contributed by atoms with Crippen LogP contribution in [0.3, 0.4) is 0 Å². The van der Waals surface area contributed by atoms with Crippen LogP contribution in [-0.2, 0) is 20.9 Å². The van der Waals surface area contributed by atoms with Gasteiger partial charge in [-0.25, -0.2) is 0 Å². The molecule has 0 radical (unpaired) electrons. The Hall–Kier alpha value is -2.62. The average molecular weight is 324 g/mol. The van der Waals surface area contributed by atoms with Gasteiger partial charge in [0.2, 0.25) is 0 Å². The SMILES string of the molecule is CC1(C)C(C=O)C1C(=O)OCc1ccc(Oc2ccccc2)cc1. The fourth-order valence-corrected chi connectivity index (χ4v) is 2.90. The number of benzene rings is 2. The van der Waals surface area contributed by atoms with Crippen molar-refractivity contribution in [3.05, 3.63) is 60.2 Å². The molecule has 0 spiro atoms. The molecule has 1 fully saturated rings. The highest BCUT2D eigenvalue weighted by atomic mass is 16.5. The molecular weight excluding hydrogens is 304 g/mol. The lowest BCUT2D eigenvalue weighted by molar-refractivity contribution is -0.147. The lowest BCUT2D eigenvalue weighted by atomic mass is 10.1. The van der Waals surface area contributed by atoms with Gasteiger partial charge in [0, 0.05) is 5.92 Å². The Morgan fingerprint density at radius 3 is 2.25 bits per heavy atom. The monoisotopic (exact) mass is 324 g/mol. The third-order valence-corrected chi connectivity index (χ3v) is 4.59. The average Bonchev–Trinajstić information content (AvgIpc) is 3.16. The number of ether oxygens (including phenoxy) is 2. The van der Waals surface area contributed by atoms with Gasteiger partial charge < -0.3 is 14.3 Å². The standard InChI is InChI=1S/C20H20O4/c1-20(2)17(12-21)18(20)19(22)23-13-14-8-10-16(11-9-14)24-15-6-4-3-5-7-15/h3-12,17-18H,13H2,1-2H3. The molecular formula is C20H20O4. The largest absolute Gasteiger partial charge is 0.461 e. The van der Waals surface area contributed by atoms with Gasteiger partial charge in [-0.05, 0) is 35.2 Å². The second kappa shape index (κ2) is 6.48. The minimum atomic E-state index is -0.323. The molecule has 0 N–H and O–H groups in total. The summed E-state index contributed by atoms with van der Waals surface area (Å²) in [6, 6.07) is 16.9. The van der Waals surface area contributed by atoms with Crippen molar-refractivity contribution in [2.24, 2.45) is 17.3 Å². The predicted octanol–water partition coefficient (Wildman–Crippen LogP) is 3.99. The quantitative estimate of drug-likeness (QED) is 0.595. The predicted molar refractivity (Wildman–Crippen MR) is 89.6 cm³/mol. The zero-order valence-electron chi connectivity index (χ0n) is 13.8. The maximum absolute atomic E-state index is 12.1. The van der Waals surface area contributed by atoms with Gasteiger partial charge in [0.05, 0.1) is 5.92 Å². The Bertz CT molecular complexity index is 719. The minimum Gasteiger partial charge on any atom is -0.461 e. The zero-order chi connectivity index (χ0) is 17.2. The molecule has 3 rings (SSSR count). The van der Waals surface area contributed by atoms with Crippen LogP contribution < -0.4 is 4.74 Å². The van der Waals surface area contributed by atoms with E-state index in [4.69, 9.17) is 9.47 Å². The zero-order valence-corrected chi connectivity index (χ0v) is 13.8. The molecule has 4 heteroatoms. The van der Waals surface area contributed by atoms with Crippen LogP contribution in [0.5, 0.6) is 11.5 Å². The van der Waals surface area contributed by atoms with Crippen molar-refractivity contribution in [1.82, 2.24) is 0 Å². The van der Waals surface area contributed by atoms with Gasteiger partial charge in [-0.3, -0.25) is 4.79 Å². The molecule has 2 aromatic rings. The summed E-state index contributed by atoms with van der Waals surface area (Å²) in [5.41, 5.74) is 0.594. The van der Waals surface area contributed by atoms with Gasteiger partial charge in [0.1, 0.15) is 24.4 Å². The molecule has 0 aromatic heterocycles. The third-order valence-electron chi connectivity index (χ3n) is 4.59. The number of carbonyl (C=O) groups is 2. The van der Waals surface area contributed by atoms with Gasteiger partial charge in [0.25, 0.3) is 0 Å². The van der Waals surface area contributed by atoms with Crippen LogP contribution in [-0.4, -0.2) is 12.3 Å². The van der Waals surface area contributed by atoms with E-state index in [2.05, 4.69) is 0 Å². The van der Waals surface area contributed by atoms with Crippen LogP contribution in [0, 0.1) is 17.3 Å². The molecule has 124 valence electrons. The Morgan fingerprint density at radius 1 is 1.04 bits per heavy atom. The van der Waals surface area contributed by atoms with Crippen molar-refractivity contribution in [2.75, 3.05) is 0 Å². The molecule has 2 atom stereocenters. The molecule has 0 heterocycles. The minimum absolute atomic E-state index is 0.197. The molecule has 0 aliphatic heterocycles. The topological polar surface area (TPSA) is 52.6 Å². The number of rotatable bonds is 6. The second-order valence-corrected chi connectivity index (χ2v) is 6.63. The van der Waals surface area contributed by atoms with E-state index < -0.39 is 0 Å². The van der Waals surface area contributed by atoms with E-state index in [-0.39, 0.29) is 29.8 Å². The van der Waals surface area contributed by atoms with Gasteiger partial charge in [0.15, 0.2) is 0 Å². The molecule has 2 unspecified atom stereocenters. The van der Waals surface area contributed by atoms with E-state index in [9.17, 15) is 9.59 Å². The summed E-state index contributed by atoms with van der Waals surface area (Å²) in [5, 5.41) is 0. The number of hydrogen-bond acceptors (Lipinski definition) is 4. The highest BCUT2D eigenvalue weighted by Crippen LogP contribution is 2.57. The van der Waals surface area contributed by atoms with Crippen LogP contribution in [0.4, 0.5) is 0 Å². The van der Waals surface area contributed by atoms with Gasteiger partial charge in [-0.1, -0.05) is 44.2 Å². The fourth-order valence-electron chi connectivity index (χ4n) is 2.90. The first-order valence-electron chi connectivity index (χ1n) is 7.96. The van der Waals surface area contributed by atoms with Gasteiger partial charge >= 0.3 is 5.97 Å². The number of para-hydroxylation sites is 1. The molecule has 2 aromatic carbocycles. The van der Waals surface area contributed by atoms with Crippen LogP contribution in [0.2, 0.25) is 0 Å². The molecule has 1 aliphatic rings. The van der Waals surface area contributed by atoms with Crippen LogP contribution >= 0.6 is 0 Å². The van der Waals surface area contributed by atoms with Crippen molar-refractivity contribution >= 4 is 12.3 Å². The highest BCUT2D eigenvalue weighted by molar-refractivity contribution is 5.84.